The van der Waals surface area contributed by atoms with Gasteiger partial charge in [0, 0.05) is 33.8 Å². The van der Waals surface area contributed by atoms with Crippen molar-refractivity contribution >= 4 is 34.7 Å². The first-order valence-electron chi connectivity index (χ1n) is 10.9. The fourth-order valence-corrected chi connectivity index (χ4v) is 4.75. The molecule has 1 N–H and O–H groups in total. The van der Waals surface area contributed by atoms with Crippen molar-refractivity contribution in [3.8, 4) is 21.8 Å². The Balaban J connectivity index is 1.31. The summed E-state index contributed by atoms with van der Waals surface area (Å²) in [6.45, 7) is 3.57. The summed E-state index contributed by atoms with van der Waals surface area (Å²) in [4.78, 5) is 43.8. The normalized spacial score (nSPS) is 12.9. The summed E-state index contributed by atoms with van der Waals surface area (Å²) in [5.41, 5.74) is 4.44. The number of carbonyl (C=O) groups excluding carboxylic acids is 3. The molecule has 0 fully saturated rings. The number of aromatic nitrogens is 1. The number of carbonyl (C=O) groups is 3. The van der Waals surface area contributed by atoms with Gasteiger partial charge in [-0.15, -0.1) is 11.3 Å². The molecule has 0 aliphatic carbocycles. The molecule has 3 amide bonds. The standard InChI is InChI=1S/C27H21N3O3S/c1-16(2)30-26(32)21-13-10-19(14-22(21)27(30)33)24(31)28-20-11-8-17(9-12-20)23-15-34-25(29-23)18-6-4-3-5-7-18/h3-16H,1-2H3,(H,28,31). The molecule has 3 aromatic carbocycles. The molecule has 0 spiro atoms. The average molecular weight is 468 g/mol. The minimum atomic E-state index is -0.368. The summed E-state index contributed by atoms with van der Waals surface area (Å²) >= 11 is 1.59. The van der Waals surface area contributed by atoms with Gasteiger partial charge in [-0.2, -0.15) is 0 Å². The van der Waals surface area contributed by atoms with Crippen LogP contribution < -0.4 is 5.32 Å². The Hall–Kier alpha value is -4.10. The maximum Gasteiger partial charge on any atom is 0.261 e. The van der Waals surface area contributed by atoms with Gasteiger partial charge >= 0.3 is 0 Å². The molecule has 2 heterocycles. The third-order valence-corrected chi connectivity index (χ3v) is 6.55. The van der Waals surface area contributed by atoms with Crippen molar-refractivity contribution in [1.82, 2.24) is 9.88 Å². The van der Waals surface area contributed by atoms with Crippen LogP contribution in [0.4, 0.5) is 5.69 Å². The highest BCUT2D eigenvalue weighted by Crippen LogP contribution is 2.30. The van der Waals surface area contributed by atoms with Crippen molar-refractivity contribution in [1.29, 1.82) is 0 Å². The lowest BCUT2D eigenvalue weighted by Gasteiger charge is -2.17. The van der Waals surface area contributed by atoms with Crippen molar-refractivity contribution < 1.29 is 14.4 Å². The van der Waals surface area contributed by atoms with E-state index in [2.05, 4.69) is 5.32 Å². The summed E-state index contributed by atoms with van der Waals surface area (Å²) < 4.78 is 0. The van der Waals surface area contributed by atoms with Gasteiger partial charge in [-0.3, -0.25) is 19.3 Å². The Kier molecular flexibility index (Phi) is 5.55. The van der Waals surface area contributed by atoms with Crippen LogP contribution in [0, 0.1) is 0 Å². The van der Waals surface area contributed by atoms with Gasteiger partial charge in [0.05, 0.1) is 16.8 Å². The van der Waals surface area contributed by atoms with Crippen molar-refractivity contribution in [2.75, 3.05) is 5.32 Å². The molecule has 5 rings (SSSR count). The highest BCUT2D eigenvalue weighted by atomic mass is 32.1. The summed E-state index contributed by atoms with van der Waals surface area (Å²) in [7, 11) is 0. The van der Waals surface area contributed by atoms with Crippen molar-refractivity contribution in [3.05, 3.63) is 94.9 Å². The molecule has 1 aliphatic rings. The highest BCUT2D eigenvalue weighted by Gasteiger charge is 2.37. The van der Waals surface area contributed by atoms with Crippen LogP contribution in [-0.4, -0.2) is 33.6 Å². The number of thiazole rings is 1. The largest absolute Gasteiger partial charge is 0.322 e. The summed E-state index contributed by atoms with van der Waals surface area (Å²) in [6.07, 6.45) is 0. The first kappa shape index (κ1) is 21.7. The first-order chi connectivity index (χ1) is 16.4. The van der Waals surface area contributed by atoms with E-state index in [-0.39, 0.29) is 29.3 Å². The van der Waals surface area contributed by atoms with Crippen LogP contribution in [-0.2, 0) is 0 Å². The molecule has 0 unspecified atom stereocenters. The van der Waals surface area contributed by atoms with Gasteiger partial charge in [0.2, 0.25) is 0 Å². The molecule has 1 aromatic heterocycles. The molecular weight excluding hydrogens is 446 g/mol. The van der Waals surface area contributed by atoms with Gasteiger partial charge in [0.25, 0.3) is 17.7 Å². The third kappa shape index (κ3) is 3.91. The van der Waals surface area contributed by atoms with Crippen LogP contribution in [0.5, 0.6) is 0 Å². The lowest BCUT2D eigenvalue weighted by molar-refractivity contribution is 0.0609. The zero-order valence-electron chi connectivity index (χ0n) is 18.6. The maximum atomic E-state index is 12.8. The van der Waals surface area contributed by atoms with Crippen LogP contribution in [0.15, 0.2) is 78.2 Å². The Morgan fingerprint density at radius 1 is 0.882 bits per heavy atom. The van der Waals surface area contributed by atoms with Crippen LogP contribution in [0.25, 0.3) is 21.8 Å². The third-order valence-electron chi connectivity index (χ3n) is 5.66. The van der Waals surface area contributed by atoms with Crippen LogP contribution in [0.2, 0.25) is 0 Å². The second-order valence-electron chi connectivity index (χ2n) is 8.27. The van der Waals surface area contributed by atoms with E-state index in [1.165, 1.54) is 11.0 Å². The van der Waals surface area contributed by atoms with E-state index in [0.29, 0.717) is 16.8 Å². The number of hydrogen-bond acceptors (Lipinski definition) is 5. The predicted octanol–water partition coefficient (Wildman–Crippen LogP) is 5.73. The topological polar surface area (TPSA) is 79.4 Å². The van der Waals surface area contributed by atoms with Crippen LogP contribution >= 0.6 is 11.3 Å². The van der Waals surface area contributed by atoms with E-state index in [1.807, 2.05) is 60.0 Å². The zero-order valence-corrected chi connectivity index (χ0v) is 19.4. The highest BCUT2D eigenvalue weighted by molar-refractivity contribution is 7.13. The fourth-order valence-electron chi connectivity index (χ4n) is 3.92. The quantitative estimate of drug-likeness (QED) is 0.380. The molecule has 0 saturated heterocycles. The van der Waals surface area contributed by atoms with Gasteiger partial charge in [0.1, 0.15) is 5.01 Å². The van der Waals surface area contributed by atoms with E-state index in [1.54, 1.807) is 37.3 Å². The van der Waals surface area contributed by atoms with Crippen LogP contribution in [0.1, 0.15) is 44.9 Å². The summed E-state index contributed by atoms with van der Waals surface area (Å²) in [5.74, 6) is -1.04. The van der Waals surface area contributed by atoms with E-state index >= 15 is 0 Å². The molecule has 34 heavy (non-hydrogen) atoms. The Bertz CT molecular complexity index is 1410. The monoisotopic (exact) mass is 467 g/mol. The number of fused-ring (bicyclic) bond motifs is 1. The van der Waals surface area contributed by atoms with Crippen molar-refractivity contribution in [2.45, 2.75) is 19.9 Å². The Morgan fingerprint density at radius 3 is 2.29 bits per heavy atom. The van der Waals surface area contributed by atoms with E-state index in [4.69, 9.17) is 4.98 Å². The Morgan fingerprint density at radius 2 is 1.59 bits per heavy atom. The van der Waals surface area contributed by atoms with Gasteiger partial charge < -0.3 is 5.32 Å². The van der Waals surface area contributed by atoms with Crippen molar-refractivity contribution in [2.24, 2.45) is 0 Å². The lowest BCUT2D eigenvalue weighted by atomic mass is 10.1. The number of nitrogens with zero attached hydrogens (tertiary/aromatic N) is 2. The molecule has 7 heteroatoms. The number of benzene rings is 3. The molecule has 0 saturated carbocycles. The molecule has 1 aliphatic heterocycles. The lowest BCUT2D eigenvalue weighted by Crippen LogP contribution is -2.35. The van der Waals surface area contributed by atoms with Gasteiger partial charge in [-0.05, 0) is 44.2 Å². The average Bonchev–Trinajstić information content (AvgIpc) is 3.43. The minimum absolute atomic E-state index is 0.246. The number of amides is 3. The number of rotatable bonds is 5. The number of hydrogen-bond donors (Lipinski definition) is 1. The zero-order chi connectivity index (χ0) is 23.8. The molecule has 0 bridgehead atoms. The molecule has 6 nitrogen and oxygen atoms in total. The predicted molar refractivity (Wildman–Crippen MR) is 133 cm³/mol. The summed E-state index contributed by atoms with van der Waals surface area (Å²) in [5, 5.41) is 5.82. The number of nitrogens with one attached hydrogen (secondary N) is 1. The van der Waals surface area contributed by atoms with E-state index < -0.39 is 0 Å². The van der Waals surface area contributed by atoms with Crippen molar-refractivity contribution in [3.63, 3.8) is 0 Å². The number of anilines is 1. The molecule has 4 aromatic rings. The molecule has 168 valence electrons. The molecule has 0 atom stereocenters. The number of imide groups is 1. The van der Waals surface area contributed by atoms with Gasteiger partial charge in [-0.25, -0.2) is 4.98 Å². The molecule has 0 radical (unpaired) electrons. The maximum absolute atomic E-state index is 12.8. The second kappa shape index (κ2) is 8.68. The van der Waals surface area contributed by atoms with E-state index in [9.17, 15) is 14.4 Å². The smallest absolute Gasteiger partial charge is 0.261 e. The van der Waals surface area contributed by atoms with Gasteiger partial charge in [-0.1, -0.05) is 42.5 Å². The fraction of sp³-hybridized carbons (Fsp3) is 0.111. The second-order valence-corrected chi connectivity index (χ2v) is 9.13. The molecular formula is C27H21N3O3S. The van der Waals surface area contributed by atoms with Gasteiger partial charge in [0.15, 0.2) is 0 Å². The SMILES string of the molecule is CC(C)N1C(=O)c2ccc(C(=O)Nc3ccc(-c4csc(-c5ccccc5)n4)cc3)cc2C1=O. The Labute approximate surface area is 200 Å². The summed E-state index contributed by atoms with van der Waals surface area (Å²) in [6, 6.07) is 21.8. The van der Waals surface area contributed by atoms with E-state index in [0.717, 1.165) is 21.8 Å². The first-order valence-corrected chi connectivity index (χ1v) is 11.7. The van der Waals surface area contributed by atoms with Crippen LogP contribution in [0.3, 0.4) is 0 Å². The minimum Gasteiger partial charge on any atom is -0.322 e.